The van der Waals surface area contributed by atoms with E-state index in [0.29, 0.717) is 0 Å². The number of rotatable bonds is 4. The summed E-state index contributed by atoms with van der Waals surface area (Å²) in [5.74, 6) is 6.30. The largest absolute Gasteiger partial charge is 0.392 e. The molecule has 2 atom stereocenters. The van der Waals surface area contributed by atoms with E-state index in [0.717, 1.165) is 38.0 Å². The number of likely N-dealkylation sites (tertiary alicyclic amines) is 1. The van der Waals surface area contributed by atoms with Gasteiger partial charge in [0.05, 0.1) is 6.10 Å². The zero-order chi connectivity index (χ0) is 14.4. The van der Waals surface area contributed by atoms with Crippen molar-refractivity contribution in [1.82, 2.24) is 10.2 Å². The van der Waals surface area contributed by atoms with Gasteiger partial charge < -0.3 is 10.4 Å². The Morgan fingerprint density at radius 2 is 2.35 bits per heavy atom. The van der Waals surface area contributed by atoms with Crippen LogP contribution in [-0.4, -0.2) is 42.8 Å². The smallest absolute Gasteiger partial charge is 0.0679 e. The van der Waals surface area contributed by atoms with Crippen molar-refractivity contribution in [3.8, 4) is 11.8 Å². The number of nitrogens with one attached hydrogen (secondary N) is 1. The Morgan fingerprint density at radius 3 is 3.00 bits per heavy atom. The highest BCUT2D eigenvalue weighted by Gasteiger charge is 2.23. The topological polar surface area (TPSA) is 35.5 Å². The van der Waals surface area contributed by atoms with Gasteiger partial charge in [0.2, 0.25) is 0 Å². The lowest BCUT2D eigenvalue weighted by atomic mass is 10.0. The molecular weight excluding hydrogens is 248 g/mol. The second kappa shape index (κ2) is 7.44. The molecule has 0 radical (unpaired) electrons. The Balaban J connectivity index is 2.06. The third-order valence-electron chi connectivity index (χ3n) is 3.74. The molecule has 0 aliphatic carbocycles. The lowest BCUT2D eigenvalue weighted by Gasteiger charge is -2.23. The maximum absolute atomic E-state index is 9.62. The molecule has 1 aliphatic heterocycles. The van der Waals surface area contributed by atoms with Crippen LogP contribution in [0.5, 0.6) is 0 Å². The monoisotopic (exact) mass is 272 g/mol. The molecule has 1 aliphatic rings. The van der Waals surface area contributed by atoms with Crippen molar-refractivity contribution in [1.29, 1.82) is 0 Å². The van der Waals surface area contributed by atoms with E-state index in [1.165, 1.54) is 5.56 Å². The van der Waals surface area contributed by atoms with Gasteiger partial charge in [0.1, 0.15) is 0 Å². The van der Waals surface area contributed by atoms with Gasteiger partial charge >= 0.3 is 0 Å². The van der Waals surface area contributed by atoms with Crippen molar-refractivity contribution in [3.05, 3.63) is 35.4 Å². The molecule has 1 fully saturated rings. The normalized spacial score (nSPS) is 20.4. The van der Waals surface area contributed by atoms with E-state index in [-0.39, 0.29) is 12.1 Å². The number of hydrogen-bond acceptors (Lipinski definition) is 3. The molecule has 0 amide bonds. The highest BCUT2D eigenvalue weighted by atomic mass is 16.3. The average molecular weight is 272 g/mol. The van der Waals surface area contributed by atoms with Crippen LogP contribution >= 0.6 is 0 Å². The molecule has 3 nitrogen and oxygen atoms in total. The minimum Gasteiger partial charge on any atom is -0.392 e. The van der Waals surface area contributed by atoms with E-state index in [4.69, 9.17) is 0 Å². The second-order valence-electron chi connectivity index (χ2n) is 5.32. The van der Waals surface area contributed by atoms with Crippen LogP contribution in [0.25, 0.3) is 0 Å². The van der Waals surface area contributed by atoms with Crippen LogP contribution in [0.1, 0.15) is 36.9 Å². The summed E-state index contributed by atoms with van der Waals surface area (Å²) in [5, 5.41) is 13.0. The first-order valence-corrected chi connectivity index (χ1v) is 7.39. The van der Waals surface area contributed by atoms with E-state index in [1.807, 2.05) is 7.05 Å². The molecule has 20 heavy (non-hydrogen) atoms. The van der Waals surface area contributed by atoms with Gasteiger partial charge in [-0.15, -0.1) is 0 Å². The summed E-state index contributed by atoms with van der Waals surface area (Å²) in [6.07, 6.45) is 1.61. The van der Waals surface area contributed by atoms with E-state index >= 15 is 0 Å². The highest BCUT2D eigenvalue weighted by Crippen LogP contribution is 2.18. The van der Waals surface area contributed by atoms with Crippen molar-refractivity contribution >= 4 is 0 Å². The molecule has 1 aromatic rings. The zero-order valence-corrected chi connectivity index (χ0v) is 12.4. The molecule has 0 bridgehead atoms. The molecule has 0 spiro atoms. The molecule has 1 saturated heterocycles. The van der Waals surface area contributed by atoms with Crippen molar-refractivity contribution in [2.75, 3.05) is 26.7 Å². The summed E-state index contributed by atoms with van der Waals surface area (Å²) >= 11 is 0. The standard InChI is InChI=1S/C17H24N2O/c1-3-4-6-14-7-5-8-15(11-14)17(18-2)13-19-10-9-16(20)12-19/h5,7-8,11,16-18,20H,3,9-10,12-13H2,1-2H3. The first-order chi connectivity index (χ1) is 9.72. The first-order valence-electron chi connectivity index (χ1n) is 7.39. The SMILES string of the molecule is CCC#Cc1cccc(C(CN2CCC(O)C2)NC)c1. The van der Waals surface area contributed by atoms with Crippen LogP contribution in [0.2, 0.25) is 0 Å². The number of likely N-dealkylation sites (N-methyl/N-ethyl adjacent to an activating group) is 1. The maximum atomic E-state index is 9.62. The quantitative estimate of drug-likeness (QED) is 0.820. The predicted molar refractivity (Wildman–Crippen MR) is 82.5 cm³/mol. The van der Waals surface area contributed by atoms with Crippen LogP contribution in [0, 0.1) is 11.8 Å². The van der Waals surface area contributed by atoms with Crippen LogP contribution in [0.15, 0.2) is 24.3 Å². The highest BCUT2D eigenvalue weighted by molar-refractivity contribution is 5.38. The average Bonchev–Trinajstić information content (AvgIpc) is 2.88. The number of β-amino-alcohol motifs (C(OH)–C–C–N with tert-alkyl or cyclic N) is 1. The molecular formula is C17H24N2O. The van der Waals surface area contributed by atoms with Crippen LogP contribution in [0.3, 0.4) is 0 Å². The minimum atomic E-state index is -0.158. The predicted octanol–water partition coefficient (Wildman–Crippen LogP) is 1.78. The molecule has 3 heteroatoms. The Labute approximate surface area is 122 Å². The van der Waals surface area contributed by atoms with E-state index < -0.39 is 0 Å². The molecule has 1 heterocycles. The van der Waals surface area contributed by atoms with E-state index in [9.17, 15) is 5.11 Å². The number of aliphatic hydroxyl groups excluding tert-OH is 1. The summed E-state index contributed by atoms with van der Waals surface area (Å²) in [4.78, 5) is 2.32. The van der Waals surface area contributed by atoms with Gasteiger partial charge in [0.25, 0.3) is 0 Å². The van der Waals surface area contributed by atoms with Gasteiger partial charge in [-0.05, 0) is 31.2 Å². The van der Waals surface area contributed by atoms with Crippen LogP contribution < -0.4 is 5.32 Å². The van der Waals surface area contributed by atoms with Gasteiger partial charge in [-0.25, -0.2) is 0 Å². The Hall–Kier alpha value is -1.34. The number of nitrogens with zero attached hydrogens (tertiary/aromatic N) is 1. The summed E-state index contributed by atoms with van der Waals surface area (Å²) in [7, 11) is 1.99. The lowest BCUT2D eigenvalue weighted by Crippen LogP contribution is -2.33. The lowest BCUT2D eigenvalue weighted by molar-refractivity contribution is 0.173. The molecule has 2 rings (SSSR count). The number of benzene rings is 1. The van der Waals surface area contributed by atoms with E-state index in [1.54, 1.807) is 0 Å². The van der Waals surface area contributed by atoms with Gasteiger partial charge in [-0.1, -0.05) is 30.9 Å². The molecule has 108 valence electrons. The fraction of sp³-hybridized carbons (Fsp3) is 0.529. The van der Waals surface area contributed by atoms with Gasteiger partial charge in [0.15, 0.2) is 0 Å². The van der Waals surface area contributed by atoms with Crippen LogP contribution in [-0.2, 0) is 0 Å². The molecule has 1 aromatic carbocycles. The molecule has 2 N–H and O–H groups in total. The summed E-state index contributed by atoms with van der Waals surface area (Å²) in [6.45, 7) is 4.76. The summed E-state index contributed by atoms with van der Waals surface area (Å²) in [5.41, 5.74) is 2.34. The minimum absolute atomic E-state index is 0.158. The summed E-state index contributed by atoms with van der Waals surface area (Å²) in [6, 6.07) is 8.71. The van der Waals surface area contributed by atoms with Crippen LogP contribution in [0.4, 0.5) is 0 Å². The van der Waals surface area contributed by atoms with E-state index in [2.05, 4.69) is 53.2 Å². The Kier molecular flexibility index (Phi) is 5.60. The third-order valence-corrected chi connectivity index (χ3v) is 3.74. The van der Waals surface area contributed by atoms with Gasteiger partial charge in [-0.3, -0.25) is 4.90 Å². The van der Waals surface area contributed by atoms with Crippen molar-refractivity contribution in [2.24, 2.45) is 0 Å². The fourth-order valence-electron chi connectivity index (χ4n) is 2.62. The Bertz CT molecular complexity index is 489. The van der Waals surface area contributed by atoms with Crippen molar-refractivity contribution in [3.63, 3.8) is 0 Å². The first kappa shape index (κ1) is 15.1. The number of hydrogen-bond donors (Lipinski definition) is 2. The van der Waals surface area contributed by atoms with Gasteiger partial charge in [0, 0.05) is 37.7 Å². The van der Waals surface area contributed by atoms with Gasteiger partial charge in [-0.2, -0.15) is 0 Å². The van der Waals surface area contributed by atoms with Crippen molar-refractivity contribution in [2.45, 2.75) is 31.9 Å². The summed E-state index contributed by atoms with van der Waals surface area (Å²) < 4.78 is 0. The molecule has 0 aromatic heterocycles. The Morgan fingerprint density at radius 1 is 1.50 bits per heavy atom. The fourth-order valence-corrected chi connectivity index (χ4v) is 2.62. The zero-order valence-electron chi connectivity index (χ0n) is 12.4. The second-order valence-corrected chi connectivity index (χ2v) is 5.32. The maximum Gasteiger partial charge on any atom is 0.0679 e. The number of aliphatic hydroxyl groups is 1. The molecule has 0 saturated carbocycles. The van der Waals surface area contributed by atoms with Crippen molar-refractivity contribution < 1.29 is 5.11 Å². The molecule has 2 unspecified atom stereocenters. The third kappa shape index (κ3) is 4.08.